The Hall–Kier alpha value is -3.18. The number of esters is 1. The Kier molecular flexibility index (Phi) is 7.88. The van der Waals surface area contributed by atoms with Crippen molar-refractivity contribution >= 4 is 45.9 Å². The second-order valence-electron chi connectivity index (χ2n) is 7.41. The Morgan fingerprint density at radius 2 is 1.88 bits per heavy atom. The van der Waals surface area contributed by atoms with Gasteiger partial charge in [0.15, 0.2) is 5.16 Å². The summed E-state index contributed by atoms with van der Waals surface area (Å²) in [5, 5.41) is 12.1. The first-order chi connectivity index (χ1) is 15.7. The number of nitrogens with one attached hydrogen (secondary N) is 1. The van der Waals surface area contributed by atoms with Gasteiger partial charge in [0.2, 0.25) is 5.91 Å². The first kappa shape index (κ1) is 24.5. The van der Waals surface area contributed by atoms with Gasteiger partial charge in [-0.1, -0.05) is 42.1 Å². The molecule has 11 heteroatoms. The summed E-state index contributed by atoms with van der Waals surface area (Å²) in [6.45, 7) is 1.66. The molecule has 9 nitrogen and oxygen atoms in total. The highest BCUT2D eigenvalue weighted by molar-refractivity contribution is 7.99. The van der Waals surface area contributed by atoms with E-state index in [4.69, 9.17) is 4.74 Å². The standard InChI is InChI=1S/C22H25N5O4S2/c1-13-17(21(30)31-5)19(33-18(13)20(29)26(2)3)23-16(28)12-32-22-25-24-15(27(22)4)11-14-9-7-6-8-10-14/h6-10H,11-12H2,1-5H3,(H,23,28). The molecule has 0 atom stereocenters. The molecule has 0 saturated heterocycles. The number of carbonyl (C=O) groups excluding carboxylic acids is 3. The number of amides is 2. The number of nitrogens with zero attached hydrogens (tertiary/aromatic N) is 4. The zero-order valence-electron chi connectivity index (χ0n) is 19.0. The molecule has 33 heavy (non-hydrogen) atoms. The maximum atomic E-state index is 12.7. The van der Waals surface area contributed by atoms with Gasteiger partial charge < -0.3 is 19.5 Å². The largest absolute Gasteiger partial charge is 0.465 e. The number of anilines is 1. The molecule has 0 fully saturated rings. The number of ether oxygens (including phenoxy) is 1. The van der Waals surface area contributed by atoms with Gasteiger partial charge in [0.05, 0.1) is 23.3 Å². The van der Waals surface area contributed by atoms with Gasteiger partial charge in [0.25, 0.3) is 5.91 Å². The summed E-state index contributed by atoms with van der Waals surface area (Å²) in [4.78, 5) is 39.2. The highest BCUT2D eigenvalue weighted by Crippen LogP contribution is 2.34. The number of thioether (sulfide) groups is 1. The fourth-order valence-corrected chi connectivity index (χ4v) is 5.01. The van der Waals surface area contributed by atoms with E-state index in [9.17, 15) is 14.4 Å². The number of methoxy groups -OCH3 is 1. The van der Waals surface area contributed by atoms with E-state index < -0.39 is 5.97 Å². The molecule has 0 bridgehead atoms. The maximum absolute atomic E-state index is 12.7. The number of hydrogen-bond donors (Lipinski definition) is 1. The predicted molar refractivity (Wildman–Crippen MR) is 128 cm³/mol. The van der Waals surface area contributed by atoms with Crippen molar-refractivity contribution in [3.05, 3.63) is 57.7 Å². The molecule has 2 aromatic heterocycles. The lowest BCUT2D eigenvalue weighted by atomic mass is 10.1. The van der Waals surface area contributed by atoms with E-state index >= 15 is 0 Å². The first-order valence-electron chi connectivity index (χ1n) is 10.0. The van der Waals surface area contributed by atoms with Crippen LogP contribution < -0.4 is 5.32 Å². The number of carbonyl (C=O) groups is 3. The lowest BCUT2D eigenvalue weighted by Crippen LogP contribution is -2.21. The van der Waals surface area contributed by atoms with Crippen molar-refractivity contribution in [2.24, 2.45) is 7.05 Å². The molecule has 0 spiro atoms. The SMILES string of the molecule is COC(=O)c1c(NC(=O)CSc2nnc(Cc3ccccc3)n2C)sc(C(=O)N(C)C)c1C. The summed E-state index contributed by atoms with van der Waals surface area (Å²) in [6, 6.07) is 9.94. The van der Waals surface area contributed by atoms with Crippen LogP contribution in [0, 0.1) is 6.92 Å². The maximum Gasteiger partial charge on any atom is 0.341 e. The predicted octanol–water partition coefficient (Wildman–Crippen LogP) is 3.00. The second kappa shape index (κ2) is 10.6. The van der Waals surface area contributed by atoms with E-state index in [1.165, 1.54) is 23.8 Å². The smallest absolute Gasteiger partial charge is 0.341 e. The van der Waals surface area contributed by atoms with Gasteiger partial charge in [-0.3, -0.25) is 9.59 Å². The van der Waals surface area contributed by atoms with Crippen molar-refractivity contribution in [1.82, 2.24) is 19.7 Å². The molecule has 174 valence electrons. The molecule has 3 rings (SSSR count). The first-order valence-corrected chi connectivity index (χ1v) is 11.8. The second-order valence-corrected chi connectivity index (χ2v) is 9.37. The van der Waals surface area contributed by atoms with E-state index in [1.54, 1.807) is 21.0 Å². The molecule has 1 N–H and O–H groups in total. The van der Waals surface area contributed by atoms with Gasteiger partial charge in [-0.2, -0.15) is 0 Å². The Labute approximate surface area is 200 Å². The van der Waals surface area contributed by atoms with Crippen molar-refractivity contribution in [3.63, 3.8) is 0 Å². The Morgan fingerprint density at radius 3 is 2.52 bits per heavy atom. The van der Waals surface area contributed by atoms with Crippen LogP contribution in [0.15, 0.2) is 35.5 Å². The highest BCUT2D eigenvalue weighted by atomic mass is 32.2. The summed E-state index contributed by atoms with van der Waals surface area (Å²) in [7, 11) is 6.37. The van der Waals surface area contributed by atoms with E-state index in [1.807, 2.05) is 41.9 Å². The molecule has 0 unspecified atom stereocenters. The van der Waals surface area contributed by atoms with Gasteiger partial charge in [-0.05, 0) is 18.1 Å². The monoisotopic (exact) mass is 487 g/mol. The molecule has 0 aliphatic rings. The van der Waals surface area contributed by atoms with Gasteiger partial charge in [0.1, 0.15) is 10.8 Å². The number of rotatable bonds is 8. The van der Waals surface area contributed by atoms with Crippen LogP contribution in [0.25, 0.3) is 0 Å². The minimum atomic E-state index is -0.608. The highest BCUT2D eigenvalue weighted by Gasteiger charge is 2.27. The van der Waals surface area contributed by atoms with E-state index in [0.29, 0.717) is 22.0 Å². The molecule has 0 aliphatic heterocycles. The van der Waals surface area contributed by atoms with Crippen LogP contribution >= 0.6 is 23.1 Å². The molecular weight excluding hydrogens is 462 g/mol. The van der Waals surface area contributed by atoms with Crippen LogP contribution in [0.1, 0.15) is 37.0 Å². The molecule has 1 aromatic carbocycles. The molecule has 2 amide bonds. The fraction of sp³-hybridized carbons (Fsp3) is 0.318. The van der Waals surface area contributed by atoms with Gasteiger partial charge >= 0.3 is 5.97 Å². The van der Waals surface area contributed by atoms with Crippen molar-refractivity contribution in [2.45, 2.75) is 18.5 Å². The summed E-state index contributed by atoms with van der Waals surface area (Å²) in [5.41, 5.74) is 1.79. The minimum Gasteiger partial charge on any atom is -0.465 e. The lowest BCUT2D eigenvalue weighted by molar-refractivity contribution is -0.113. The van der Waals surface area contributed by atoms with E-state index in [-0.39, 0.29) is 28.1 Å². The molecule has 0 radical (unpaired) electrons. The van der Waals surface area contributed by atoms with Crippen LogP contribution in [-0.2, 0) is 23.0 Å². The zero-order valence-corrected chi connectivity index (χ0v) is 20.7. The molecule has 2 heterocycles. The topological polar surface area (TPSA) is 106 Å². The van der Waals surface area contributed by atoms with Crippen molar-refractivity contribution in [2.75, 3.05) is 32.3 Å². The third-order valence-electron chi connectivity index (χ3n) is 4.85. The summed E-state index contributed by atoms with van der Waals surface area (Å²) < 4.78 is 6.71. The lowest BCUT2D eigenvalue weighted by Gasteiger charge is -2.08. The van der Waals surface area contributed by atoms with Crippen molar-refractivity contribution in [3.8, 4) is 0 Å². The normalized spacial score (nSPS) is 10.7. The molecule has 0 aliphatic carbocycles. The Bertz CT molecular complexity index is 1170. The zero-order chi connectivity index (χ0) is 24.1. The van der Waals surface area contributed by atoms with Crippen LogP contribution in [0.4, 0.5) is 5.00 Å². The Morgan fingerprint density at radius 1 is 1.18 bits per heavy atom. The van der Waals surface area contributed by atoms with E-state index in [2.05, 4.69) is 15.5 Å². The van der Waals surface area contributed by atoms with Gasteiger partial charge in [-0.25, -0.2) is 4.79 Å². The summed E-state index contributed by atoms with van der Waals surface area (Å²) >= 11 is 2.30. The van der Waals surface area contributed by atoms with E-state index in [0.717, 1.165) is 22.7 Å². The number of hydrogen-bond acceptors (Lipinski definition) is 8. The number of thiophene rings is 1. The number of aromatic nitrogens is 3. The summed E-state index contributed by atoms with van der Waals surface area (Å²) in [5.74, 6) is -0.335. The fourth-order valence-electron chi connectivity index (χ4n) is 3.05. The summed E-state index contributed by atoms with van der Waals surface area (Å²) in [6.07, 6.45) is 0.636. The number of benzene rings is 1. The van der Waals surface area contributed by atoms with Crippen molar-refractivity contribution in [1.29, 1.82) is 0 Å². The Balaban J connectivity index is 1.71. The minimum absolute atomic E-state index is 0.0613. The van der Waals surface area contributed by atoms with Gasteiger partial charge in [0, 0.05) is 27.6 Å². The third-order valence-corrected chi connectivity index (χ3v) is 7.07. The average Bonchev–Trinajstić information content (AvgIpc) is 3.31. The van der Waals surface area contributed by atoms with Gasteiger partial charge in [-0.15, -0.1) is 21.5 Å². The molecular formula is C22H25N5O4S2. The quantitative estimate of drug-likeness (QED) is 0.385. The third kappa shape index (κ3) is 5.60. The van der Waals surface area contributed by atoms with Crippen LogP contribution in [0.5, 0.6) is 0 Å². The molecule has 0 saturated carbocycles. The van der Waals surface area contributed by atoms with Crippen LogP contribution in [0.3, 0.4) is 0 Å². The average molecular weight is 488 g/mol. The van der Waals surface area contributed by atoms with Crippen molar-refractivity contribution < 1.29 is 19.1 Å². The van der Waals surface area contributed by atoms with Crippen LogP contribution in [-0.4, -0.2) is 64.4 Å². The molecule has 3 aromatic rings. The van der Waals surface area contributed by atoms with Crippen LogP contribution in [0.2, 0.25) is 0 Å².